The van der Waals surface area contributed by atoms with Crippen LogP contribution in [0.4, 0.5) is 5.82 Å². The van der Waals surface area contributed by atoms with Crippen LogP contribution in [0.3, 0.4) is 0 Å². The van der Waals surface area contributed by atoms with Crippen molar-refractivity contribution in [2.45, 2.75) is 39.2 Å². The minimum atomic E-state index is -0.122. The Labute approximate surface area is 163 Å². The standard InChI is InChI=1S/C17H20Br2ClN3O/c1-3-13(4-2)23-10-15(20)22-16(17(23)24)21-8-7-11-5-6-12(18)9-14(11)19/h5-6,9-10,13H,3-4,7-8H2,1-2H3,(H,21,22). The SMILES string of the molecule is CCC(CC)n1cc(Cl)nc(NCCc2ccc(Br)cc2Br)c1=O. The van der Waals surface area contributed by atoms with Crippen LogP contribution in [-0.4, -0.2) is 16.1 Å². The van der Waals surface area contributed by atoms with Gasteiger partial charge < -0.3 is 9.88 Å². The Morgan fingerprint density at radius 1 is 1.29 bits per heavy atom. The number of benzene rings is 1. The second-order valence-corrected chi connectivity index (χ2v) is 7.66. The Bertz CT molecular complexity index is 760. The van der Waals surface area contributed by atoms with Gasteiger partial charge in [0.25, 0.3) is 5.56 Å². The normalized spacial score (nSPS) is 11.1. The van der Waals surface area contributed by atoms with Crippen LogP contribution >= 0.6 is 43.5 Å². The number of halogens is 3. The molecule has 0 aliphatic rings. The van der Waals surface area contributed by atoms with Crippen LogP contribution in [0.15, 0.2) is 38.1 Å². The van der Waals surface area contributed by atoms with Gasteiger partial charge in [-0.3, -0.25) is 4.79 Å². The third-order valence-corrected chi connectivity index (χ3v) is 5.35. The van der Waals surface area contributed by atoms with E-state index in [0.29, 0.717) is 17.5 Å². The molecule has 0 saturated heterocycles. The van der Waals surface area contributed by atoms with E-state index in [0.717, 1.165) is 33.8 Å². The molecule has 0 aliphatic carbocycles. The first-order valence-corrected chi connectivity index (χ1v) is 9.89. The summed E-state index contributed by atoms with van der Waals surface area (Å²) in [5.41, 5.74) is 1.04. The minimum Gasteiger partial charge on any atom is -0.365 e. The molecule has 0 spiro atoms. The average molecular weight is 478 g/mol. The molecular formula is C17H20Br2ClN3O. The number of aromatic nitrogens is 2. The van der Waals surface area contributed by atoms with Crippen molar-refractivity contribution in [2.24, 2.45) is 0 Å². The zero-order valence-corrected chi connectivity index (χ0v) is 17.6. The fourth-order valence-electron chi connectivity index (χ4n) is 2.59. The van der Waals surface area contributed by atoms with Crippen molar-refractivity contribution in [2.75, 3.05) is 11.9 Å². The van der Waals surface area contributed by atoms with Gasteiger partial charge in [0.05, 0.1) is 0 Å². The van der Waals surface area contributed by atoms with Gasteiger partial charge in [0.15, 0.2) is 5.82 Å². The van der Waals surface area contributed by atoms with Crippen LogP contribution in [-0.2, 0) is 6.42 Å². The first-order valence-electron chi connectivity index (χ1n) is 7.92. The van der Waals surface area contributed by atoms with Crippen LogP contribution in [0.25, 0.3) is 0 Å². The van der Waals surface area contributed by atoms with Gasteiger partial charge in [-0.15, -0.1) is 0 Å². The van der Waals surface area contributed by atoms with E-state index in [1.165, 1.54) is 0 Å². The number of hydrogen-bond acceptors (Lipinski definition) is 3. The molecule has 24 heavy (non-hydrogen) atoms. The smallest absolute Gasteiger partial charge is 0.293 e. The molecule has 4 nitrogen and oxygen atoms in total. The van der Waals surface area contributed by atoms with Crippen molar-refractivity contribution in [3.8, 4) is 0 Å². The Kier molecular flexibility index (Phi) is 7.32. The second kappa shape index (κ2) is 9.02. The molecule has 2 aromatic rings. The van der Waals surface area contributed by atoms with E-state index in [4.69, 9.17) is 11.6 Å². The summed E-state index contributed by atoms with van der Waals surface area (Å²) >= 11 is 13.1. The van der Waals surface area contributed by atoms with Gasteiger partial charge in [0.2, 0.25) is 0 Å². The van der Waals surface area contributed by atoms with Crippen molar-refractivity contribution >= 4 is 49.3 Å². The number of anilines is 1. The summed E-state index contributed by atoms with van der Waals surface area (Å²) in [5.74, 6) is 0.308. The lowest BCUT2D eigenvalue weighted by atomic mass is 10.1. The number of hydrogen-bond donors (Lipinski definition) is 1. The molecule has 1 aromatic carbocycles. The van der Waals surface area contributed by atoms with Crippen molar-refractivity contribution in [3.05, 3.63) is 54.4 Å². The maximum Gasteiger partial charge on any atom is 0.293 e. The van der Waals surface area contributed by atoms with E-state index in [1.807, 2.05) is 18.2 Å². The van der Waals surface area contributed by atoms with E-state index in [2.05, 4.69) is 56.0 Å². The summed E-state index contributed by atoms with van der Waals surface area (Å²) in [4.78, 5) is 16.8. The fourth-order valence-corrected chi connectivity index (χ4v) is 4.02. The maximum atomic E-state index is 12.6. The highest BCUT2D eigenvalue weighted by Crippen LogP contribution is 2.22. The second-order valence-electron chi connectivity index (χ2n) is 5.51. The van der Waals surface area contributed by atoms with Crippen molar-refractivity contribution in [1.29, 1.82) is 0 Å². The molecule has 1 aromatic heterocycles. The monoisotopic (exact) mass is 475 g/mol. The van der Waals surface area contributed by atoms with Gasteiger partial charge >= 0.3 is 0 Å². The van der Waals surface area contributed by atoms with Crippen LogP contribution in [0.2, 0.25) is 5.15 Å². The van der Waals surface area contributed by atoms with Gasteiger partial charge in [-0.1, -0.05) is 63.4 Å². The lowest BCUT2D eigenvalue weighted by molar-refractivity contribution is 0.457. The molecule has 0 atom stereocenters. The highest BCUT2D eigenvalue weighted by Gasteiger charge is 2.13. The molecule has 0 aliphatic heterocycles. The number of nitrogens with zero attached hydrogens (tertiary/aromatic N) is 2. The maximum absolute atomic E-state index is 12.6. The highest BCUT2D eigenvalue weighted by molar-refractivity contribution is 9.11. The van der Waals surface area contributed by atoms with Crippen LogP contribution in [0.5, 0.6) is 0 Å². The molecule has 0 saturated carbocycles. The van der Waals surface area contributed by atoms with Crippen molar-refractivity contribution < 1.29 is 0 Å². The molecule has 0 amide bonds. The van der Waals surface area contributed by atoms with Crippen LogP contribution in [0.1, 0.15) is 38.3 Å². The fraction of sp³-hybridized carbons (Fsp3) is 0.412. The molecule has 130 valence electrons. The number of rotatable bonds is 7. The zero-order chi connectivity index (χ0) is 17.7. The summed E-state index contributed by atoms with van der Waals surface area (Å²) in [6.07, 6.45) is 4.15. The summed E-state index contributed by atoms with van der Waals surface area (Å²) in [6.45, 7) is 4.73. The summed E-state index contributed by atoms with van der Waals surface area (Å²) in [7, 11) is 0. The first kappa shape index (κ1) is 19.5. The lowest BCUT2D eigenvalue weighted by Crippen LogP contribution is -2.28. The van der Waals surface area contributed by atoms with Gasteiger partial charge in [-0.2, -0.15) is 0 Å². The zero-order valence-electron chi connectivity index (χ0n) is 13.7. The Morgan fingerprint density at radius 2 is 2.00 bits per heavy atom. The summed E-state index contributed by atoms with van der Waals surface area (Å²) in [5, 5.41) is 3.45. The third kappa shape index (κ3) is 4.83. The predicted molar refractivity (Wildman–Crippen MR) is 107 cm³/mol. The third-order valence-electron chi connectivity index (χ3n) is 3.94. The highest BCUT2D eigenvalue weighted by atomic mass is 79.9. The summed E-state index contributed by atoms with van der Waals surface area (Å²) in [6, 6.07) is 6.19. The molecule has 0 unspecified atom stereocenters. The van der Waals surface area contributed by atoms with Gasteiger partial charge in [0, 0.05) is 27.7 Å². The molecule has 7 heteroatoms. The number of nitrogens with one attached hydrogen (secondary N) is 1. The topological polar surface area (TPSA) is 46.9 Å². The Morgan fingerprint density at radius 3 is 2.62 bits per heavy atom. The molecule has 0 bridgehead atoms. The van der Waals surface area contributed by atoms with Crippen molar-refractivity contribution in [1.82, 2.24) is 9.55 Å². The van der Waals surface area contributed by atoms with Gasteiger partial charge in [-0.05, 0) is 37.0 Å². The van der Waals surface area contributed by atoms with E-state index in [-0.39, 0.29) is 11.6 Å². The lowest BCUT2D eigenvalue weighted by Gasteiger charge is -2.17. The van der Waals surface area contributed by atoms with Crippen molar-refractivity contribution in [3.63, 3.8) is 0 Å². The first-order chi connectivity index (χ1) is 11.5. The molecule has 2 rings (SSSR count). The minimum absolute atomic E-state index is 0.122. The Balaban J connectivity index is 2.14. The van der Waals surface area contributed by atoms with E-state index in [9.17, 15) is 4.79 Å². The average Bonchev–Trinajstić information content (AvgIpc) is 2.54. The Hall–Kier alpha value is -0.850. The van der Waals surface area contributed by atoms with Crippen LogP contribution < -0.4 is 10.9 Å². The van der Waals surface area contributed by atoms with E-state index >= 15 is 0 Å². The summed E-state index contributed by atoms with van der Waals surface area (Å²) < 4.78 is 3.75. The molecule has 1 heterocycles. The molecular weight excluding hydrogens is 457 g/mol. The predicted octanol–water partition coefficient (Wildman–Crippen LogP) is 5.44. The molecule has 0 radical (unpaired) electrons. The largest absolute Gasteiger partial charge is 0.365 e. The van der Waals surface area contributed by atoms with E-state index < -0.39 is 0 Å². The van der Waals surface area contributed by atoms with Crippen LogP contribution in [0, 0.1) is 0 Å². The molecule has 1 N–H and O–H groups in total. The van der Waals surface area contributed by atoms with E-state index in [1.54, 1.807) is 10.8 Å². The quantitative estimate of drug-likeness (QED) is 0.578. The molecule has 0 fully saturated rings. The van der Waals surface area contributed by atoms with Gasteiger partial charge in [0.1, 0.15) is 5.15 Å². The van der Waals surface area contributed by atoms with Gasteiger partial charge in [-0.25, -0.2) is 4.98 Å².